The minimum atomic E-state index is 0.829. The van der Waals surface area contributed by atoms with E-state index in [4.69, 9.17) is 0 Å². The molecule has 1 aromatic carbocycles. The number of benzene rings is 1. The summed E-state index contributed by atoms with van der Waals surface area (Å²) in [6, 6.07) is 2.15. The summed E-state index contributed by atoms with van der Waals surface area (Å²) in [6.45, 7) is 5.92. The number of aliphatic imine (C=N–C) groups is 1. The van der Waals surface area contributed by atoms with Crippen molar-refractivity contribution in [1.29, 1.82) is 0 Å². The van der Waals surface area contributed by atoms with Gasteiger partial charge in [-0.05, 0) is 25.0 Å². The molecule has 0 fully saturated rings. The van der Waals surface area contributed by atoms with Gasteiger partial charge in [0.1, 0.15) is 0 Å². The quantitative estimate of drug-likeness (QED) is 0.860. The van der Waals surface area contributed by atoms with Gasteiger partial charge in [-0.1, -0.05) is 6.92 Å². The highest BCUT2D eigenvalue weighted by molar-refractivity contribution is 5.98. The molecule has 0 unspecified atom stereocenters. The Morgan fingerprint density at radius 2 is 2.05 bits per heavy atom. The zero-order valence-corrected chi connectivity index (χ0v) is 11.2. The highest BCUT2D eigenvalue weighted by Gasteiger charge is 2.12. The zero-order chi connectivity index (χ0) is 13.2. The van der Waals surface area contributed by atoms with Gasteiger partial charge in [0.2, 0.25) is 0 Å². The number of aromatic nitrogens is 2. The summed E-state index contributed by atoms with van der Waals surface area (Å²) in [6.07, 6.45) is 4.42. The van der Waals surface area contributed by atoms with E-state index in [2.05, 4.69) is 45.5 Å². The van der Waals surface area contributed by atoms with Crippen LogP contribution in [0, 0.1) is 6.92 Å². The molecule has 0 radical (unpaired) electrons. The number of nitrogens with zero attached hydrogens (tertiary/aromatic N) is 3. The largest absolute Gasteiger partial charge is 0.354 e. The Labute approximate surface area is 112 Å². The van der Waals surface area contributed by atoms with E-state index in [1.807, 2.05) is 0 Å². The summed E-state index contributed by atoms with van der Waals surface area (Å²) in [5.74, 6) is 0.841. The van der Waals surface area contributed by atoms with Crippen molar-refractivity contribution in [3.63, 3.8) is 0 Å². The Hall–Kier alpha value is -2.17. The molecule has 1 aliphatic rings. The third-order valence-corrected chi connectivity index (χ3v) is 3.39. The predicted molar refractivity (Wildman–Crippen MR) is 77.6 cm³/mol. The Bertz CT molecular complexity index is 648. The van der Waals surface area contributed by atoms with Crippen LogP contribution < -0.4 is 10.6 Å². The molecule has 0 saturated carbocycles. The van der Waals surface area contributed by atoms with Gasteiger partial charge in [0, 0.05) is 30.2 Å². The molecular weight excluding hydrogens is 238 g/mol. The maximum absolute atomic E-state index is 4.46. The van der Waals surface area contributed by atoms with Gasteiger partial charge in [-0.3, -0.25) is 15.0 Å². The van der Waals surface area contributed by atoms with Crippen LogP contribution >= 0.6 is 0 Å². The topological polar surface area (TPSA) is 62.2 Å². The van der Waals surface area contributed by atoms with Crippen LogP contribution in [0.4, 0.5) is 5.69 Å². The molecule has 2 aromatic rings. The summed E-state index contributed by atoms with van der Waals surface area (Å²) in [5, 5.41) is 6.57. The molecule has 0 saturated heterocycles. The second-order valence-corrected chi connectivity index (χ2v) is 4.60. The van der Waals surface area contributed by atoms with Crippen LogP contribution in [-0.2, 0) is 6.42 Å². The lowest BCUT2D eigenvalue weighted by Crippen LogP contribution is -2.26. The van der Waals surface area contributed by atoms with Crippen LogP contribution in [0.15, 0.2) is 23.5 Å². The van der Waals surface area contributed by atoms with Crippen LogP contribution in [0.5, 0.6) is 0 Å². The number of rotatable bonds is 2. The van der Waals surface area contributed by atoms with E-state index in [-0.39, 0.29) is 0 Å². The standard InChI is InChI=1S/C14H17N5/c1-3-10-8-11(19-14-17-6-7-18-14)9(2)12-13(10)16-5-4-15-12/h4-5,8H,3,6-7H2,1-2H3,(H2,17,18,19). The molecule has 19 heavy (non-hydrogen) atoms. The van der Waals surface area contributed by atoms with Crippen molar-refractivity contribution in [1.82, 2.24) is 15.3 Å². The average molecular weight is 255 g/mol. The number of hydrogen-bond acceptors (Lipinski definition) is 5. The summed E-state index contributed by atoms with van der Waals surface area (Å²) in [5.41, 5.74) is 5.32. The fraction of sp³-hybridized carbons (Fsp3) is 0.357. The first-order valence-electron chi connectivity index (χ1n) is 6.58. The SMILES string of the molecule is CCc1cc(NC2=NCCN2)c(C)c2nccnc12. The molecule has 1 aromatic heterocycles. The molecule has 1 aliphatic heterocycles. The highest BCUT2D eigenvalue weighted by atomic mass is 15.2. The van der Waals surface area contributed by atoms with Crippen molar-refractivity contribution in [2.45, 2.75) is 20.3 Å². The molecule has 2 heterocycles. The van der Waals surface area contributed by atoms with Crippen molar-refractivity contribution in [2.24, 2.45) is 4.99 Å². The molecule has 5 heteroatoms. The van der Waals surface area contributed by atoms with Crippen LogP contribution in [-0.4, -0.2) is 29.0 Å². The fourth-order valence-electron chi connectivity index (χ4n) is 2.33. The summed E-state index contributed by atoms with van der Waals surface area (Å²) in [7, 11) is 0. The summed E-state index contributed by atoms with van der Waals surface area (Å²) < 4.78 is 0. The maximum Gasteiger partial charge on any atom is 0.195 e. The molecule has 2 N–H and O–H groups in total. The molecule has 5 nitrogen and oxygen atoms in total. The van der Waals surface area contributed by atoms with Gasteiger partial charge in [0.05, 0.1) is 17.6 Å². The number of guanidine groups is 1. The van der Waals surface area contributed by atoms with E-state index in [1.165, 1.54) is 5.56 Å². The second kappa shape index (κ2) is 4.84. The van der Waals surface area contributed by atoms with Gasteiger partial charge in [-0.2, -0.15) is 0 Å². The Morgan fingerprint density at radius 1 is 1.26 bits per heavy atom. The first kappa shape index (κ1) is 11.9. The maximum atomic E-state index is 4.46. The summed E-state index contributed by atoms with van der Waals surface area (Å²) in [4.78, 5) is 13.3. The van der Waals surface area contributed by atoms with Crippen molar-refractivity contribution in [3.8, 4) is 0 Å². The molecule has 0 amide bonds. The Kier molecular flexibility index (Phi) is 3.03. The number of nitrogens with one attached hydrogen (secondary N) is 2. The van der Waals surface area contributed by atoms with Gasteiger partial charge in [0.15, 0.2) is 5.96 Å². The van der Waals surface area contributed by atoms with Crippen LogP contribution in [0.1, 0.15) is 18.1 Å². The van der Waals surface area contributed by atoms with Crippen LogP contribution in [0.3, 0.4) is 0 Å². The van der Waals surface area contributed by atoms with Gasteiger partial charge in [0.25, 0.3) is 0 Å². The number of fused-ring (bicyclic) bond motifs is 1. The third-order valence-electron chi connectivity index (χ3n) is 3.39. The lowest BCUT2D eigenvalue weighted by atomic mass is 10.0. The minimum Gasteiger partial charge on any atom is -0.354 e. The molecule has 0 atom stereocenters. The van der Waals surface area contributed by atoms with E-state index in [0.717, 1.165) is 47.8 Å². The first-order valence-corrected chi connectivity index (χ1v) is 6.58. The van der Waals surface area contributed by atoms with Crippen molar-refractivity contribution >= 4 is 22.7 Å². The lowest BCUT2D eigenvalue weighted by molar-refractivity contribution is 0.959. The lowest BCUT2D eigenvalue weighted by Gasteiger charge is -2.14. The van der Waals surface area contributed by atoms with Gasteiger partial charge in [-0.25, -0.2) is 0 Å². The van der Waals surface area contributed by atoms with Crippen LogP contribution in [0.25, 0.3) is 11.0 Å². The Morgan fingerprint density at radius 3 is 2.74 bits per heavy atom. The van der Waals surface area contributed by atoms with Crippen molar-refractivity contribution < 1.29 is 0 Å². The fourth-order valence-corrected chi connectivity index (χ4v) is 2.33. The highest BCUT2D eigenvalue weighted by Crippen LogP contribution is 2.26. The second-order valence-electron chi connectivity index (χ2n) is 4.60. The molecule has 98 valence electrons. The van der Waals surface area contributed by atoms with Crippen LogP contribution in [0.2, 0.25) is 0 Å². The molecule has 0 spiro atoms. The Balaban J connectivity index is 2.11. The third kappa shape index (κ3) is 2.12. The molecular formula is C14H17N5. The molecule has 3 rings (SSSR count). The monoisotopic (exact) mass is 255 g/mol. The first-order chi connectivity index (χ1) is 9.29. The van der Waals surface area contributed by atoms with Gasteiger partial charge >= 0.3 is 0 Å². The normalized spacial score (nSPS) is 14.3. The minimum absolute atomic E-state index is 0.829. The van der Waals surface area contributed by atoms with E-state index in [1.54, 1.807) is 12.4 Å². The van der Waals surface area contributed by atoms with Crippen molar-refractivity contribution in [2.75, 3.05) is 18.4 Å². The molecule has 0 bridgehead atoms. The number of hydrogen-bond donors (Lipinski definition) is 2. The smallest absolute Gasteiger partial charge is 0.195 e. The number of anilines is 1. The molecule has 0 aliphatic carbocycles. The van der Waals surface area contributed by atoms with E-state index < -0.39 is 0 Å². The van der Waals surface area contributed by atoms with Gasteiger partial charge in [-0.15, -0.1) is 0 Å². The summed E-state index contributed by atoms with van der Waals surface area (Å²) >= 11 is 0. The van der Waals surface area contributed by atoms with Gasteiger partial charge < -0.3 is 10.6 Å². The van der Waals surface area contributed by atoms with E-state index >= 15 is 0 Å². The van der Waals surface area contributed by atoms with E-state index in [9.17, 15) is 0 Å². The predicted octanol–water partition coefficient (Wildman–Crippen LogP) is 1.87. The number of aryl methyl sites for hydroxylation is 2. The average Bonchev–Trinajstić information content (AvgIpc) is 2.95. The van der Waals surface area contributed by atoms with Crippen molar-refractivity contribution in [3.05, 3.63) is 29.6 Å². The van der Waals surface area contributed by atoms with E-state index in [0.29, 0.717) is 0 Å². The zero-order valence-electron chi connectivity index (χ0n) is 11.2.